The summed E-state index contributed by atoms with van der Waals surface area (Å²) in [5.74, 6) is 5.27. The molecule has 0 amide bonds. The van der Waals surface area contributed by atoms with E-state index in [0.29, 0.717) is 98.3 Å². The molecule has 11 nitrogen and oxygen atoms in total. The third kappa shape index (κ3) is 30.1. The zero-order chi connectivity index (χ0) is 58.3. The second-order valence-electron chi connectivity index (χ2n) is 22.8. The van der Waals surface area contributed by atoms with Crippen molar-refractivity contribution in [3.8, 4) is 45.9 Å². The highest BCUT2D eigenvalue weighted by Crippen LogP contribution is 2.44. The summed E-state index contributed by atoms with van der Waals surface area (Å²) < 4.78 is 40.2. The summed E-state index contributed by atoms with van der Waals surface area (Å²) in [6, 6.07) is 16.4. The molecule has 4 rings (SSSR count). The molecule has 82 heavy (non-hydrogen) atoms. The Labute approximate surface area is 500 Å². The Morgan fingerprint density at radius 3 is 0.841 bits per heavy atom. The van der Waals surface area contributed by atoms with E-state index in [2.05, 4.69) is 83.4 Å². The maximum Gasteiger partial charge on any atom is 0.232 e. The Morgan fingerprint density at radius 1 is 0.317 bits per heavy atom. The molecule has 11 heteroatoms. The van der Waals surface area contributed by atoms with Gasteiger partial charge in [-0.3, -0.25) is 0 Å². The van der Waals surface area contributed by atoms with Gasteiger partial charge in [0, 0.05) is 41.2 Å². The van der Waals surface area contributed by atoms with Gasteiger partial charge in [0.25, 0.3) is 0 Å². The van der Waals surface area contributed by atoms with Crippen molar-refractivity contribution in [2.45, 2.75) is 279 Å². The first-order chi connectivity index (χ1) is 40.5. The third-order valence-corrected chi connectivity index (χ3v) is 15.2. The zero-order valence-corrected chi connectivity index (χ0v) is 53.0. The van der Waals surface area contributed by atoms with Crippen molar-refractivity contribution in [2.24, 2.45) is 0 Å². The summed E-state index contributed by atoms with van der Waals surface area (Å²) in [5.41, 5.74) is 3.47. The first kappa shape index (κ1) is 69.6. The Morgan fingerprint density at radius 2 is 0.573 bits per heavy atom. The summed E-state index contributed by atoms with van der Waals surface area (Å²) in [6.45, 7) is 21.3. The number of rotatable bonds is 54. The van der Waals surface area contributed by atoms with Crippen LogP contribution in [0.4, 0.5) is 23.3 Å². The molecule has 1 heterocycles. The molecule has 0 bridgehead atoms. The fourth-order valence-corrected chi connectivity index (χ4v) is 10.1. The van der Waals surface area contributed by atoms with Gasteiger partial charge in [0.2, 0.25) is 23.4 Å². The molecule has 1 aromatic heterocycles. The van der Waals surface area contributed by atoms with E-state index in [1.165, 1.54) is 154 Å². The van der Waals surface area contributed by atoms with Crippen LogP contribution >= 0.6 is 0 Å². The normalized spacial score (nSPS) is 11.3. The lowest BCUT2D eigenvalue weighted by Gasteiger charge is -2.20. The lowest BCUT2D eigenvalue weighted by Crippen LogP contribution is -2.09. The van der Waals surface area contributed by atoms with Crippen molar-refractivity contribution in [1.29, 1.82) is 0 Å². The Kier molecular flexibility index (Phi) is 39.4. The van der Waals surface area contributed by atoms with Crippen LogP contribution < -0.4 is 39.1 Å². The molecule has 0 atom stereocenters. The average Bonchev–Trinajstić information content (AvgIpc) is 3.58. The van der Waals surface area contributed by atoms with E-state index in [1.807, 2.05) is 24.3 Å². The van der Waals surface area contributed by atoms with Gasteiger partial charge in [0.05, 0.1) is 39.6 Å². The number of nitrogens with one attached hydrogen (secondary N) is 2. The van der Waals surface area contributed by atoms with E-state index < -0.39 is 0 Å². The molecule has 1 radical (unpaired) electrons. The molecule has 0 saturated heterocycles. The summed E-state index contributed by atoms with van der Waals surface area (Å²) >= 11 is 0. The molecule has 0 aliphatic heterocycles. The van der Waals surface area contributed by atoms with Crippen molar-refractivity contribution in [1.82, 2.24) is 15.0 Å². The van der Waals surface area contributed by atoms with Gasteiger partial charge in [-0.1, -0.05) is 258 Å². The molecule has 0 saturated carbocycles. The fraction of sp³-hybridized carbons (Fsp3) is 0.690. The van der Waals surface area contributed by atoms with Gasteiger partial charge >= 0.3 is 0 Å². The number of aromatic nitrogens is 3. The number of nitrogens with zero attached hydrogens (tertiary/aromatic N) is 3. The molecule has 0 unspecified atom stereocenters. The van der Waals surface area contributed by atoms with Crippen molar-refractivity contribution < 1.29 is 28.4 Å². The predicted octanol–water partition coefficient (Wildman–Crippen LogP) is 21.8. The summed E-state index contributed by atoms with van der Waals surface area (Å²) in [6.07, 6.45) is 43.1. The summed E-state index contributed by atoms with van der Waals surface area (Å²) in [5, 5.41) is 7.20. The standard InChI is InChI=1S/C71H116N5O6/c1-8-15-21-27-33-39-49-77-63-55-61(56-64(78-50-40-34-28-22-16-9-2)67(63)81-53-43-37-31-25-19-12-5)72-70-74-69(60-47-45-59(14-7)46-48-60)75-71(76-70)73-62-57-65(79-51-41-35-29-23-17-10-3)68(82-54-44-38-32-26-20-13-6)66(58-62)80-52-42-36-30-24-18-11-4/h45-48,55-58H,7-44,49-54H2,1-6H3,(H2,72,73,74,75,76). The fourth-order valence-electron chi connectivity index (χ4n) is 10.1. The first-order valence-electron chi connectivity index (χ1n) is 33.8. The molecular weight excluding hydrogens is 1020 g/mol. The molecule has 3 aromatic carbocycles. The van der Waals surface area contributed by atoms with E-state index in [4.69, 9.17) is 43.4 Å². The molecule has 0 aliphatic carbocycles. The number of benzene rings is 3. The van der Waals surface area contributed by atoms with Gasteiger partial charge in [-0.2, -0.15) is 15.0 Å². The van der Waals surface area contributed by atoms with Crippen LogP contribution in [0.1, 0.15) is 278 Å². The van der Waals surface area contributed by atoms with Crippen molar-refractivity contribution in [2.75, 3.05) is 50.3 Å². The first-order valence-corrected chi connectivity index (χ1v) is 33.8. The van der Waals surface area contributed by atoms with Crippen molar-refractivity contribution in [3.05, 3.63) is 61.0 Å². The van der Waals surface area contributed by atoms with Crippen LogP contribution in [0.2, 0.25) is 0 Å². The van der Waals surface area contributed by atoms with Crippen molar-refractivity contribution >= 4 is 23.3 Å². The number of hydrogen-bond acceptors (Lipinski definition) is 11. The van der Waals surface area contributed by atoms with Gasteiger partial charge in [-0.25, -0.2) is 0 Å². The van der Waals surface area contributed by atoms with Crippen LogP contribution in [-0.2, 0) is 6.42 Å². The van der Waals surface area contributed by atoms with Gasteiger partial charge in [-0.05, 0) is 57.4 Å². The lowest BCUT2D eigenvalue weighted by molar-refractivity contribution is 0.234. The highest BCUT2D eigenvalue weighted by molar-refractivity contribution is 5.70. The monoisotopic (exact) mass is 1130 g/mol. The van der Waals surface area contributed by atoms with E-state index >= 15 is 0 Å². The van der Waals surface area contributed by atoms with Crippen LogP contribution in [0.5, 0.6) is 34.5 Å². The number of anilines is 4. The highest BCUT2D eigenvalue weighted by Gasteiger charge is 2.21. The van der Waals surface area contributed by atoms with Crippen molar-refractivity contribution in [3.63, 3.8) is 0 Å². The molecule has 461 valence electrons. The Bertz CT molecular complexity index is 1980. The molecule has 2 N–H and O–H groups in total. The van der Waals surface area contributed by atoms with Gasteiger partial charge in [-0.15, -0.1) is 0 Å². The average molecular weight is 1140 g/mol. The molecule has 0 spiro atoms. The largest absolute Gasteiger partial charge is 0.489 e. The van der Waals surface area contributed by atoms with Gasteiger partial charge in [0.15, 0.2) is 28.8 Å². The smallest absolute Gasteiger partial charge is 0.232 e. The summed E-state index contributed by atoms with van der Waals surface area (Å²) in [4.78, 5) is 15.3. The Balaban J connectivity index is 1.78. The predicted molar refractivity (Wildman–Crippen MR) is 347 cm³/mol. The second kappa shape index (κ2) is 46.4. The van der Waals surface area contributed by atoms with Crippen LogP contribution in [0.25, 0.3) is 11.4 Å². The SMILES string of the molecule is [CH2]Cc1ccc(-c2nc(Nc3cc(OCCCCCCCC)c(OCCCCCCCC)c(OCCCCCCCC)c3)nc(Nc3cc(OCCCCCCCC)c(OCCCCCCCC)c(OCCCCCCCC)c3)n2)cc1. The topological polar surface area (TPSA) is 118 Å². The molecule has 0 aliphatic rings. The van der Waals surface area contributed by atoms with Gasteiger partial charge < -0.3 is 39.1 Å². The van der Waals surface area contributed by atoms with Crippen LogP contribution in [0.3, 0.4) is 0 Å². The van der Waals surface area contributed by atoms with Crippen LogP contribution in [0.15, 0.2) is 48.5 Å². The van der Waals surface area contributed by atoms with Crippen LogP contribution in [-0.4, -0.2) is 54.6 Å². The number of ether oxygens (including phenoxy) is 6. The molecular formula is C71H116N5O6. The maximum atomic E-state index is 6.71. The number of hydrogen-bond donors (Lipinski definition) is 2. The van der Waals surface area contributed by atoms with E-state index in [1.54, 1.807) is 0 Å². The zero-order valence-electron chi connectivity index (χ0n) is 53.0. The van der Waals surface area contributed by atoms with E-state index in [-0.39, 0.29) is 0 Å². The minimum atomic E-state index is 0.371. The third-order valence-electron chi connectivity index (χ3n) is 15.2. The quantitative estimate of drug-likeness (QED) is 0.0412. The highest BCUT2D eigenvalue weighted by atomic mass is 16.5. The number of unbranched alkanes of at least 4 members (excludes halogenated alkanes) is 30. The maximum absolute atomic E-state index is 6.71. The van der Waals surface area contributed by atoms with E-state index in [0.717, 1.165) is 99.6 Å². The summed E-state index contributed by atoms with van der Waals surface area (Å²) in [7, 11) is 0. The van der Waals surface area contributed by atoms with E-state index in [9.17, 15) is 0 Å². The molecule has 0 fully saturated rings. The Hall–Kier alpha value is -4.93. The molecule has 4 aromatic rings. The minimum Gasteiger partial charge on any atom is -0.489 e. The van der Waals surface area contributed by atoms with Crippen LogP contribution in [0, 0.1) is 6.92 Å². The second-order valence-corrected chi connectivity index (χ2v) is 22.8. The van der Waals surface area contributed by atoms with Gasteiger partial charge in [0.1, 0.15) is 0 Å². The lowest BCUT2D eigenvalue weighted by atomic mass is 10.1. The minimum absolute atomic E-state index is 0.371.